The zero-order valence-electron chi connectivity index (χ0n) is 21.9. The first-order valence-corrected chi connectivity index (χ1v) is 14.6. The fraction of sp³-hybridized carbons (Fsp3) is 0.933. The minimum atomic E-state index is 0.651. The highest BCUT2D eigenvalue weighted by Gasteiger charge is 2.20. The van der Waals surface area contributed by atoms with Gasteiger partial charge in [0.05, 0.1) is 12.7 Å². The highest BCUT2D eigenvalue weighted by molar-refractivity contribution is 4.68. The second kappa shape index (κ2) is 27.7. The smallest absolute Gasteiger partial charge is 0.0810 e. The van der Waals surface area contributed by atoms with Crippen LogP contribution in [0.5, 0.6) is 0 Å². The van der Waals surface area contributed by atoms with Gasteiger partial charge >= 0.3 is 0 Å². The molecule has 0 aromatic carbocycles. The second-order valence-corrected chi connectivity index (χ2v) is 9.89. The molecule has 186 valence electrons. The molecule has 1 atom stereocenters. The van der Waals surface area contributed by atoms with Crippen molar-refractivity contribution < 1.29 is 4.74 Å². The fourth-order valence-corrected chi connectivity index (χ4v) is 4.22. The van der Waals surface area contributed by atoms with Gasteiger partial charge in [-0.3, -0.25) is 0 Å². The Labute approximate surface area is 198 Å². The predicted molar refractivity (Wildman–Crippen MR) is 142 cm³/mol. The van der Waals surface area contributed by atoms with Gasteiger partial charge in [-0.25, -0.2) is 0 Å². The molecule has 1 heterocycles. The predicted octanol–water partition coefficient (Wildman–Crippen LogP) is 11.0. The highest BCUT2D eigenvalue weighted by Crippen LogP contribution is 2.18. The molecule has 0 radical (unpaired) electrons. The Balaban J connectivity index is 0.000000582. The van der Waals surface area contributed by atoms with Gasteiger partial charge in [0.2, 0.25) is 0 Å². The van der Waals surface area contributed by atoms with E-state index in [1.54, 1.807) is 0 Å². The summed E-state index contributed by atoms with van der Waals surface area (Å²) in [6.07, 6.45) is 36.8. The van der Waals surface area contributed by atoms with Crippen LogP contribution in [0.4, 0.5) is 0 Å². The van der Waals surface area contributed by atoms with Crippen molar-refractivity contribution in [2.24, 2.45) is 0 Å². The third-order valence-electron chi connectivity index (χ3n) is 6.54. The number of allylic oxidation sites excluding steroid dienone is 1. The van der Waals surface area contributed by atoms with E-state index in [4.69, 9.17) is 4.74 Å². The molecule has 1 nitrogen and oxygen atoms in total. The molecule has 1 rings (SSSR count). The van der Waals surface area contributed by atoms with E-state index in [1.165, 1.54) is 154 Å². The number of hydrogen-bond acceptors (Lipinski definition) is 1. The number of ether oxygens (including phenoxy) is 1. The average molecular weight is 437 g/mol. The zero-order valence-corrected chi connectivity index (χ0v) is 21.9. The maximum absolute atomic E-state index is 5.20. The quantitative estimate of drug-likeness (QED) is 0.0832. The molecule has 1 unspecified atom stereocenters. The molecule has 0 aliphatic carbocycles. The van der Waals surface area contributed by atoms with E-state index in [0.29, 0.717) is 6.10 Å². The summed E-state index contributed by atoms with van der Waals surface area (Å²) in [4.78, 5) is 0. The van der Waals surface area contributed by atoms with Crippen LogP contribution in [0.3, 0.4) is 0 Å². The van der Waals surface area contributed by atoms with Gasteiger partial charge in [-0.05, 0) is 19.3 Å². The Morgan fingerprint density at radius 1 is 0.548 bits per heavy atom. The molecule has 31 heavy (non-hydrogen) atoms. The van der Waals surface area contributed by atoms with Gasteiger partial charge in [-0.2, -0.15) is 0 Å². The van der Waals surface area contributed by atoms with Gasteiger partial charge in [-0.15, -0.1) is 6.58 Å². The van der Waals surface area contributed by atoms with Gasteiger partial charge in [-0.1, -0.05) is 155 Å². The largest absolute Gasteiger partial charge is 0.373 e. The Hall–Kier alpha value is -0.300. The molecule has 0 spiro atoms. The van der Waals surface area contributed by atoms with Crippen LogP contribution in [0.1, 0.15) is 168 Å². The summed E-state index contributed by atoms with van der Waals surface area (Å²) in [6, 6.07) is 0. The Bertz CT molecular complexity index is 320. The van der Waals surface area contributed by atoms with Crippen molar-refractivity contribution in [2.75, 3.05) is 6.61 Å². The van der Waals surface area contributed by atoms with Gasteiger partial charge in [0.1, 0.15) is 0 Å². The van der Waals surface area contributed by atoms with Crippen molar-refractivity contribution in [3.05, 3.63) is 12.7 Å². The van der Waals surface area contributed by atoms with Gasteiger partial charge < -0.3 is 4.74 Å². The van der Waals surface area contributed by atoms with Crippen LogP contribution in [0.2, 0.25) is 0 Å². The number of hydrogen-bond donors (Lipinski definition) is 0. The average Bonchev–Trinajstić information content (AvgIpc) is 3.61. The van der Waals surface area contributed by atoms with E-state index < -0.39 is 0 Å². The molecule has 1 aliphatic rings. The molecule has 1 saturated heterocycles. The third-order valence-corrected chi connectivity index (χ3v) is 6.54. The van der Waals surface area contributed by atoms with Crippen molar-refractivity contribution in [1.29, 1.82) is 0 Å². The lowest BCUT2D eigenvalue weighted by Gasteiger charge is -2.01. The van der Waals surface area contributed by atoms with E-state index >= 15 is 0 Å². The van der Waals surface area contributed by atoms with Crippen molar-refractivity contribution in [1.82, 2.24) is 0 Å². The standard InChI is InChI=1S/C15H30O.C15H30/c1-2-3-4-5-6-7-8-9-10-11-12-13-15-14-16-15;1-3-5-7-9-11-13-15-14-12-10-8-6-4-2/h15H,2-14H2,1H3;3H,1,4-15H2,2H3. The molecule has 0 N–H and O–H groups in total. The van der Waals surface area contributed by atoms with Crippen LogP contribution in [0.25, 0.3) is 0 Å². The van der Waals surface area contributed by atoms with Crippen molar-refractivity contribution in [2.45, 2.75) is 174 Å². The molecule has 0 saturated carbocycles. The third kappa shape index (κ3) is 29.7. The maximum Gasteiger partial charge on any atom is 0.0810 e. The molecule has 0 bridgehead atoms. The summed E-state index contributed by atoms with van der Waals surface area (Å²) < 4.78 is 5.20. The Morgan fingerprint density at radius 2 is 0.871 bits per heavy atom. The summed E-state index contributed by atoms with van der Waals surface area (Å²) in [6.45, 7) is 9.35. The number of unbranched alkanes of at least 4 members (excludes halogenated alkanes) is 21. The summed E-state index contributed by atoms with van der Waals surface area (Å²) in [5.41, 5.74) is 0. The van der Waals surface area contributed by atoms with Crippen LogP contribution >= 0.6 is 0 Å². The summed E-state index contributed by atoms with van der Waals surface area (Å²) in [5, 5.41) is 0. The first-order valence-electron chi connectivity index (χ1n) is 14.6. The number of rotatable bonds is 24. The van der Waals surface area contributed by atoms with Gasteiger partial charge in [0.25, 0.3) is 0 Å². The number of epoxide rings is 1. The lowest BCUT2D eigenvalue weighted by molar-refractivity contribution is 0.387. The molecule has 1 fully saturated rings. The topological polar surface area (TPSA) is 12.5 Å². The second-order valence-electron chi connectivity index (χ2n) is 9.89. The minimum absolute atomic E-state index is 0.651. The molecule has 0 aromatic rings. The van der Waals surface area contributed by atoms with Gasteiger partial charge in [0, 0.05) is 0 Å². The molecule has 0 aromatic heterocycles. The zero-order chi connectivity index (χ0) is 22.7. The lowest BCUT2D eigenvalue weighted by Crippen LogP contribution is -1.86. The molecular formula is C30H60O. The van der Waals surface area contributed by atoms with Crippen LogP contribution in [0.15, 0.2) is 12.7 Å². The van der Waals surface area contributed by atoms with E-state index in [2.05, 4.69) is 20.4 Å². The van der Waals surface area contributed by atoms with Crippen LogP contribution in [-0.4, -0.2) is 12.7 Å². The molecule has 1 heteroatoms. The maximum atomic E-state index is 5.20. The van der Waals surface area contributed by atoms with E-state index in [0.717, 1.165) is 6.61 Å². The summed E-state index contributed by atoms with van der Waals surface area (Å²) >= 11 is 0. The summed E-state index contributed by atoms with van der Waals surface area (Å²) in [7, 11) is 0. The van der Waals surface area contributed by atoms with Crippen molar-refractivity contribution in [3.8, 4) is 0 Å². The van der Waals surface area contributed by atoms with Crippen molar-refractivity contribution >= 4 is 0 Å². The van der Waals surface area contributed by atoms with E-state index in [1.807, 2.05) is 6.08 Å². The normalized spacial score (nSPS) is 14.8. The monoisotopic (exact) mass is 436 g/mol. The van der Waals surface area contributed by atoms with Gasteiger partial charge in [0.15, 0.2) is 0 Å². The van der Waals surface area contributed by atoms with E-state index in [-0.39, 0.29) is 0 Å². The molecule has 0 amide bonds. The van der Waals surface area contributed by atoms with Crippen LogP contribution < -0.4 is 0 Å². The highest BCUT2D eigenvalue weighted by atomic mass is 16.6. The fourth-order valence-electron chi connectivity index (χ4n) is 4.22. The SMILES string of the molecule is C=CCCCCCCCCCCCCC.CCCCCCCCCCCCCC1CO1. The molecular weight excluding hydrogens is 376 g/mol. The minimum Gasteiger partial charge on any atom is -0.373 e. The lowest BCUT2D eigenvalue weighted by atomic mass is 10.0. The van der Waals surface area contributed by atoms with Crippen molar-refractivity contribution in [3.63, 3.8) is 0 Å². The Morgan fingerprint density at radius 3 is 1.19 bits per heavy atom. The van der Waals surface area contributed by atoms with Crippen LogP contribution in [-0.2, 0) is 4.74 Å². The first kappa shape index (κ1) is 30.7. The first-order chi connectivity index (χ1) is 15.3. The van der Waals surface area contributed by atoms with Crippen LogP contribution in [0, 0.1) is 0 Å². The Kier molecular flexibility index (Phi) is 27.5. The molecule has 1 aliphatic heterocycles. The summed E-state index contributed by atoms with van der Waals surface area (Å²) in [5.74, 6) is 0. The van der Waals surface area contributed by atoms with E-state index in [9.17, 15) is 0 Å².